The molecule has 40 heavy (non-hydrogen) atoms. The summed E-state index contributed by atoms with van der Waals surface area (Å²) in [6.45, 7) is 9.64. The van der Waals surface area contributed by atoms with Crippen LogP contribution in [0.15, 0.2) is 30.0 Å². The number of ether oxygens (including phenoxy) is 1. The zero-order chi connectivity index (χ0) is 28.2. The van der Waals surface area contributed by atoms with Crippen LogP contribution in [0, 0.1) is 5.41 Å². The molecule has 3 fully saturated rings. The standard InChI is InChI=1S/C31H40N4O5/c1-30(2,3)40-29(39)34-14-10-31(11-15-34)17-23(18-31)33-12-8-20(9-13-33)21-4-5-22-19-35(28(38)24(22)16-21)25-6-7-26(36)32-27(25)37/h4-5,16-17,20,25H,6-15,18-19H2,1-3H3,(H,32,36,37). The first kappa shape index (κ1) is 26.8. The maximum absolute atomic E-state index is 13.2. The largest absolute Gasteiger partial charge is 0.444 e. The quantitative estimate of drug-likeness (QED) is 0.575. The van der Waals surface area contributed by atoms with Crippen molar-refractivity contribution in [1.82, 2.24) is 20.0 Å². The Kier molecular flexibility index (Phi) is 6.66. The molecule has 214 valence electrons. The van der Waals surface area contributed by atoms with E-state index in [0.717, 1.165) is 63.8 Å². The predicted octanol–water partition coefficient (Wildman–Crippen LogP) is 3.93. The van der Waals surface area contributed by atoms with Crippen LogP contribution in [0.4, 0.5) is 4.79 Å². The molecule has 0 radical (unpaired) electrons. The number of nitrogens with zero attached hydrogens (tertiary/aromatic N) is 3. The molecule has 6 rings (SSSR count). The van der Waals surface area contributed by atoms with Crippen LogP contribution in [0.3, 0.4) is 0 Å². The zero-order valence-electron chi connectivity index (χ0n) is 23.8. The van der Waals surface area contributed by atoms with Gasteiger partial charge in [0.05, 0.1) is 0 Å². The first-order chi connectivity index (χ1) is 19.0. The van der Waals surface area contributed by atoms with Gasteiger partial charge in [-0.1, -0.05) is 18.2 Å². The lowest BCUT2D eigenvalue weighted by Crippen LogP contribution is -2.52. The smallest absolute Gasteiger partial charge is 0.410 e. The second kappa shape index (κ2) is 9.93. The number of hydrogen-bond acceptors (Lipinski definition) is 6. The number of carbonyl (C=O) groups excluding carboxylic acids is 4. The van der Waals surface area contributed by atoms with Gasteiger partial charge in [-0.2, -0.15) is 0 Å². The van der Waals surface area contributed by atoms with Crippen molar-refractivity contribution in [3.8, 4) is 0 Å². The lowest BCUT2D eigenvalue weighted by molar-refractivity contribution is -0.136. The summed E-state index contributed by atoms with van der Waals surface area (Å²) >= 11 is 0. The fraction of sp³-hybridized carbons (Fsp3) is 0.613. The summed E-state index contributed by atoms with van der Waals surface area (Å²) in [5, 5.41) is 2.37. The number of carbonyl (C=O) groups is 4. The van der Waals surface area contributed by atoms with Crippen LogP contribution >= 0.6 is 0 Å². The third-order valence-corrected chi connectivity index (χ3v) is 9.34. The molecule has 5 aliphatic rings. The summed E-state index contributed by atoms with van der Waals surface area (Å²) in [4.78, 5) is 55.5. The predicted molar refractivity (Wildman–Crippen MR) is 148 cm³/mol. The van der Waals surface area contributed by atoms with Crippen molar-refractivity contribution >= 4 is 23.8 Å². The highest BCUT2D eigenvalue weighted by atomic mass is 16.6. The fourth-order valence-corrected chi connectivity index (χ4v) is 7.00. The average molecular weight is 549 g/mol. The molecule has 4 amide bonds. The van der Waals surface area contributed by atoms with Gasteiger partial charge in [0, 0.05) is 50.4 Å². The van der Waals surface area contributed by atoms with Crippen molar-refractivity contribution in [3.63, 3.8) is 0 Å². The van der Waals surface area contributed by atoms with Gasteiger partial charge in [0.1, 0.15) is 11.6 Å². The summed E-state index contributed by atoms with van der Waals surface area (Å²) in [7, 11) is 0. The van der Waals surface area contributed by atoms with E-state index in [1.807, 2.05) is 37.8 Å². The third-order valence-electron chi connectivity index (χ3n) is 9.34. The number of fused-ring (bicyclic) bond motifs is 1. The van der Waals surface area contributed by atoms with Crippen LogP contribution < -0.4 is 5.32 Å². The van der Waals surface area contributed by atoms with Gasteiger partial charge in [-0.15, -0.1) is 0 Å². The molecule has 3 saturated heterocycles. The summed E-state index contributed by atoms with van der Waals surface area (Å²) in [6.07, 6.45) is 8.06. The van der Waals surface area contributed by atoms with E-state index >= 15 is 0 Å². The number of imide groups is 1. The van der Waals surface area contributed by atoms with Gasteiger partial charge in [-0.25, -0.2) is 4.79 Å². The Balaban J connectivity index is 1.02. The van der Waals surface area contributed by atoms with Crippen LogP contribution in [-0.2, 0) is 20.9 Å². The Morgan fingerprint density at radius 3 is 2.38 bits per heavy atom. The molecule has 1 atom stereocenters. The fourth-order valence-electron chi connectivity index (χ4n) is 7.00. The van der Waals surface area contributed by atoms with Crippen LogP contribution in [0.5, 0.6) is 0 Å². The van der Waals surface area contributed by atoms with E-state index < -0.39 is 11.6 Å². The van der Waals surface area contributed by atoms with Crippen molar-refractivity contribution < 1.29 is 23.9 Å². The van der Waals surface area contributed by atoms with Crippen LogP contribution in [0.2, 0.25) is 0 Å². The number of hydrogen-bond donors (Lipinski definition) is 1. The summed E-state index contributed by atoms with van der Waals surface area (Å²) < 4.78 is 5.55. The highest BCUT2D eigenvalue weighted by molar-refractivity contribution is 6.05. The Bertz CT molecular complexity index is 1260. The molecule has 0 bridgehead atoms. The average Bonchev–Trinajstić information content (AvgIpc) is 3.22. The molecule has 0 aromatic heterocycles. The van der Waals surface area contributed by atoms with Gasteiger partial charge in [0.2, 0.25) is 11.8 Å². The number of nitrogens with one attached hydrogen (secondary N) is 1. The molecular weight excluding hydrogens is 508 g/mol. The molecule has 1 aliphatic carbocycles. The van der Waals surface area contributed by atoms with E-state index in [1.165, 1.54) is 11.3 Å². The minimum atomic E-state index is -0.576. The van der Waals surface area contributed by atoms with E-state index in [2.05, 4.69) is 22.4 Å². The highest BCUT2D eigenvalue weighted by Gasteiger charge is 2.43. The SMILES string of the molecule is CC(C)(C)OC(=O)N1CCC2(C=C(N3CCC(c4ccc5c(c4)C(=O)N(C4CCC(=O)NC4=O)C5)CC3)C2)CC1. The number of rotatable bonds is 3. The first-order valence-electron chi connectivity index (χ1n) is 14.7. The summed E-state index contributed by atoms with van der Waals surface area (Å²) in [6, 6.07) is 5.66. The number of amides is 4. The van der Waals surface area contributed by atoms with Crippen molar-refractivity contribution in [3.05, 3.63) is 46.7 Å². The summed E-state index contributed by atoms with van der Waals surface area (Å²) in [5.41, 5.74) is 4.05. The van der Waals surface area contributed by atoms with E-state index in [9.17, 15) is 19.2 Å². The molecule has 1 aromatic rings. The highest BCUT2D eigenvalue weighted by Crippen LogP contribution is 2.49. The number of benzene rings is 1. The molecular formula is C31H40N4O5. The van der Waals surface area contributed by atoms with Crippen LogP contribution in [0.1, 0.15) is 93.1 Å². The molecule has 4 aliphatic heterocycles. The van der Waals surface area contributed by atoms with Gasteiger partial charge in [0.25, 0.3) is 5.91 Å². The van der Waals surface area contributed by atoms with Gasteiger partial charge in [-0.05, 0) is 87.8 Å². The molecule has 1 spiro atoms. The van der Waals surface area contributed by atoms with E-state index in [4.69, 9.17) is 4.74 Å². The second-order valence-corrected chi connectivity index (χ2v) is 13.2. The Labute approximate surface area is 235 Å². The van der Waals surface area contributed by atoms with E-state index in [1.54, 1.807) is 4.90 Å². The summed E-state index contributed by atoms with van der Waals surface area (Å²) in [5.74, 6) is -0.335. The van der Waals surface area contributed by atoms with Crippen molar-refractivity contribution in [1.29, 1.82) is 0 Å². The van der Waals surface area contributed by atoms with Crippen molar-refractivity contribution in [2.75, 3.05) is 26.2 Å². The minimum absolute atomic E-state index is 0.105. The third kappa shape index (κ3) is 5.10. The van der Waals surface area contributed by atoms with Crippen LogP contribution in [0.25, 0.3) is 0 Å². The topological polar surface area (TPSA) is 99.3 Å². The molecule has 4 heterocycles. The Morgan fingerprint density at radius 2 is 1.73 bits per heavy atom. The van der Waals surface area contributed by atoms with Gasteiger partial charge in [0.15, 0.2) is 0 Å². The van der Waals surface area contributed by atoms with Crippen LogP contribution in [-0.4, -0.2) is 76.3 Å². The Hall–Kier alpha value is -3.36. The molecule has 9 nitrogen and oxygen atoms in total. The van der Waals surface area contributed by atoms with Gasteiger partial charge >= 0.3 is 6.09 Å². The first-order valence-corrected chi connectivity index (χ1v) is 14.7. The lowest BCUT2D eigenvalue weighted by Gasteiger charge is -2.49. The van der Waals surface area contributed by atoms with Gasteiger partial charge < -0.3 is 19.4 Å². The molecule has 1 unspecified atom stereocenters. The van der Waals surface area contributed by atoms with Gasteiger partial charge in [-0.3, -0.25) is 19.7 Å². The van der Waals surface area contributed by atoms with Crippen molar-refractivity contribution in [2.24, 2.45) is 5.41 Å². The minimum Gasteiger partial charge on any atom is -0.444 e. The molecule has 1 N–H and O–H groups in total. The Morgan fingerprint density at radius 1 is 1.02 bits per heavy atom. The number of likely N-dealkylation sites (tertiary alicyclic amines) is 2. The monoisotopic (exact) mass is 548 g/mol. The zero-order valence-corrected chi connectivity index (χ0v) is 23.8. The maximum Gasteiger partial charge on any atom is 0.410 e. The number of allylic oxidation sites excluding steroid dienone is 2. The normalized spacial score (nSPS) is 25.0. The second-order valence-electron chi connectivity index (χ2n) is 13.2. The van der Waals surface area contributed by atoms with E-state index in [-0.39, 0.29) is 35.7 Å². The molecule has 9 heteroatoms. The number of piperidine rings is 3. The lowest BCUT2D eigenvalue weighted by atomic mass is 9.67. The van der Waals surface area contributed by atoms with E-state index in [0.29, 0.717) is 24.4 Å². The maximum atomic E-state index is 13.2. The van der Waals surface area contributed by atoms with Crippen molar-refractivity contribution in [2.45, 2.75) is 89.8 Å². The molecule has 0 saturated carbocycles. The molecule has 1 aromatic carbocycles.